The summed E-state index contributed by atoms with van der Waals surface area (Å²) in [4.78, 5) is 10.1. The number of nitrogens with one attached hydrogen (secondary N) is 1. The molecule has 3 aliphatic heterocycles. The first-order valence-corrected chi connectivity index (χ1v) is 11.4. The van der Waals surface area contributed by atoms with Gasteiger partial charge in [-0.15, -0.1) is 0 Å². The smallest absolute Gasteiger partial charge is 0.297 e. The third-order valence-electron chi connectivity index (χ3n) is 5.69. The number of benzene rings is 2. The molecule has 166 valence electrons. The molecule has 5 atom stereocenters. The maximum absolute atomic E-state index is 12.7. The van der Waals surface area contributed by atoms with Crippen molar-refractivity contribution in [2.24, 2.45) is 0 Å². The zero-order chi connectivity index (χ0) is 21.6. The molecule has 0 amide bonds. The van der Waals surface area contributed by atoms with E-state index in [2.05, 4.69) is 5.32 Å². The summed E-state index contributed by atoms with van der Waals surface area (Å²) in [5.41, 5.74) is 2.81. The van der Waals surface area contributed by atoms with Crippen molar-refractivity contribution in [2.45, 2.75) is 55.6 Å². The van der Waals surface area contributed by atoms with Crippen LogP contribution in [0.3, 0.4) is 0 Å². The molecule has 3 heterocycles. The molecule has 5 rings (SSSR count). The molecule has 0 spiro atoms. The second-order valence-corrected chi connectivity index (χ2v) is 9.46. The van der Waals surface area contributed by atoms with Crippen LogP contribution in [0.1, 0.15) is 16.7 Å². The van der Waals surface area contributed by atoms with Crippen LogP contribution in [0.25, 0.3) is 0 Å². The second-order valence-electron chi connectivity index (χ2n) is 7.89. The third-order valence-corrected chi connectivity index (χ3v) is 7.02. The molecule has 9 nitrogen and oxygen atoms in total. The Morgan fingerprint density at radius 2 is 2.00 bits per heavy atom. The van der Waals surface area contributed by atoms with E-state index in [1.54, 1.807) is 12.1 Å². The van der Waals surface area contributed by atoms with Crippen molar-refractivity contribution < 1.29 is 37.0 Å². The van der Waals surface area contributed by atoms with Gasteiger partial charge in [-0.3, -0.25) is 4.18 Å². The van der Waals surface area contributed by atoms with Crippen molar-refractivity contribution in [2.75, 3.05) is 6.61 Å². The molecule has 2 fully saturated rings. The Balaban J connectivity index is 1.30. The summed E-state index contributed by atoms with van der Waals surface area (Å²) in [7, 11) is -4.11. The number of aliphatic hydroxyl groups is 1. The molecule has 0 aromatic heterocycles. The molecule has 2 aromatic rings. The Morgan fingerprint density at radius 1 is 1.19 bits per heavy atom. The molecule has 2 bridgehead atoms. The highest BCUT2D eigenvalue weighted by Crippen LogP contribution is 2.33. The van der Waals surface area contributed by atoms with E-state index >= 15 is 0 Å². The van der Waals surface area contributed by atoms with E-state index in [-0.39, 0.29) is 11.5 Å². The van der Waals surface area contributed by atoms with Crippen LogP contribution < -0.4 is 10.2 Å². The minimum absolute atomic E-state index is 0.00953. The van der Waals surface area contributed by atoms with Crippen LogP contribution in [0, 0.1) is 6.92 Å². The lowest BCUT2D eigenvalue weighted by atomic mass is 9.97. The van der Waals surface area contributed by atoms with Crippen molar-refractivity contribution in [3.8, 4) is 5.75 Å². The summed E-state index contributed by atoms with van der Waals surface area (Å²) in [5.74, 6) is 0.661. The molecule has 10 heteroatoms. The fourth-order valence-electron chi connectivity index (χ4n) is 3.95. The van der Waals surface area contributed by atoms with Gasteiger partial charge in [0.1, 0.15) is 18.8 Å². The van der Waals surface area contributed by atoms with Crippen molar-refractivity contribution in [3.05, 3.63) is 59.2 Å². The highest BCUT2D eigenvalue weighted by atomic mass is 32.2. The zero-order valence-electron chi connectivity index (χ0n) is 16.8. The van der Waals surface area contributed by atoms with Gasteiger partial charge in [-0.1, -0.05) is 29.8 Å². The summed E-state index contributed by atoms with van der Waals surface area (Å²) in [6, 6.07) is 11.4. The molecule has 0 aliphatic carbocycles. The van der Waals surface area contributed by atoms with Crippen LogP contribution in [0.5, 0.6) is 5.75 Å². The zero-order valence-corrected chi connectivity index (χ0v) is 17.6. The molecular weight excluding hydrogens is 426 g/mol. The topological polar surface area (TPSA) is 113 Å². The molecule has 2 aromatic carbocycles. The van der Waals surface area contributed by atoms with Gasteiger partial charge in [-0.05, 0) is 30.7 Å². The Kier molecular flexibility index (Phi) is 5.47. The van der Waals surface area contributed by atoms with Crippen LogP contribution in [-0.4, -0.2) is 50.8 Å². The Bertz CT molecular complexity index is 1060. The first-order chi connectivity index (χ1) is 14.9. The molecule has 0 saturated carbocycles. The van der Waals surface area contributed by atoms with Crippen LogP contribution in [0.15, 0.2) is 47.4 Å². The predicted octanol–water partition coefficient (Wildman–Crippen LogP) is 1.17. The van der Waals surface area contributed by atoms with E-state index in [0.29, 0.717) is 18.9 Å². The molecule has 2 N–H and O–H groups in total. The van der Waals surface area contributed by atoms with E-state index < -0.39 is 40.8 Å². The maximum atomic E-state index is 12.7. The average molecular weight is 449 g/mol. The molecule has 0 unspecified atom stereocenters. The lowest BCUT2D eigenvalue weighted by Gasteiger charge is -2.38. The summed E-state index contributed by atoms with van der Waals surface area (Å²) < 4.78 is 42.2. The van der Waals surface area contributed by atoms with Gasteiger partial charge in [0.25, 0.3) is 10.1 Å². The van der Waals surface area contributed by atoms with Crippen molar-refractivity contribution in [1.29, 1.82) is 0 Å². The minimum atomic E-state index is -4.11. The molecular formula is C21H23NO8S. The van der Waals surface area contributed by atoms with Crippen LogP contribution in [0.4, 0.5) is 0 Å². The highest BCUT2D eigenvalue weighted by molar-refractivity contribution is 7.86. The first-order valence-electron chi connectivity index (χ1n) is 10.0. The van der Waals surface area contributed by atoms with Crippen LogP contribution in [0.2, 0.25) is 0 Å². The van der Waals surface area contributed by atoms with Crippen molar-refractivity contribution in [1.82, 2.24) is 5.32 Å². The second kappa shape index (κ2) is 8.14. The lowest BCUT2D eigenvalue weighted by Crippen LogP contribution is -2.60. The van der Waals surface area contributed by atoms with Gasteiger partial charge in [0.05, 0.1) is 17.5 Å². The Morgan fingerprint density at radius 3 is 2.81 bits per heavy atom. The molecule has 2 saturated heterocycles. The SMILES string of the molecule is Cc1ccc(S(=O)(=O)O[C@H]2[C@@H]3OC[C@@H](O3)[C@@H](NCc3ccc4c(c3)OOC4)[C@@H]2O)cc1. The van der Waals surface area contributed by atoms with E-state index in [1.807, 2.05) is 25.1 Å². The van der Waals surface area contributed by atoms with Crippen molar-refractivity contribution in [3.63, 3.8) is 0 Å². The van der Waals surface area contributed by atoms with Crippen LogP contribution >= 0.6 is 0 Å². The largest absolute Gasteiger partial charge is 0.388 e. The normalized spacial score (nSPS) is 29.5. The maximum Gasteiger partial charge on any atom is 0.297 e. The summed E-state index contributed by atoms with van der Waals surface area (Å²) in [6.45, 7) is 2.90. The first kappa shape index (κ1) is 20.8. The average Bonchev–Trinajstić information content (AvgIpc) is 3.39. The highest BCUT2D eigenvalue weighted by Gasteiger charge is 2.52. The van der Waals surface area contributed by atoms with Crippen LogP contribution in [-0.2, 0) is 41.8 Å². The molecule has 31 heavy (non-hydrogen) atoms. The van der Waals surface area contributed by atoms with Gasteiger partial charge in [0, 0.05) is 12.1 Å². The number of aryl methyl sites for hydroxylation is 1. The van der Waals surface area contributed by atoms with Crippen molar-refractivity contribution >= 4 is 10.1 Å². The number of fused-ring (bicyclic) bond motifs is 3. The van der Waals surface area contributed by atoms with Gasteiger partial charge in [-0.2, -0.15) is 13.3 Å². The van der Waals surface area contributed by atoms with E-state index in [1.165, 1.54) is 12.1 Å². The van der Waals surface area contributed by atoms with Gasteiger partial charge in [-0.25, -0.2) is 0 Å². The lowest BCUT2D eigenvalue weighted by molar-refractivity contribution is -0.194. The summed E-state index contributed by atoms with van der Waals surface area (Å²) in [6.07, 6.45) is -3.72. The number of hydrogen-bond donors (Lipinski definition) is 2. The molecule has 0 radical (unpaired) electrons. The predicted molar refractivity (Wildman–Crippen MR) is 106 cm³/mol. The van der Waals surface area contributed by atoms with Gasteiger partial charge >= 0.3 is 0 Å². The summed E-state index contributed by atoms with van der Waals surface area (Å²) >= 11 is 0. The molecule has 3 aliphatic rings. The number of rotatable bonds is 6. The minimum Gasteiger partial charge on any atom is -0.388 e. The fraction of sp³-hybridized carbons (Fsp3) is 0.429. The Labute approximate surface area is 179 Å². The summed E-state index contributed by atoms with van der Waals surface area (Å²) in [5, 5.41) is 14.2. The fourth-order valence-corrected chi connectivity index (χ4v) is 5.02. The number of aliphatic hydroxyl groups excluding tert-OH is 1. The third kappa shape index (κ3) is 4.08. The quantitative estimate of drug-likeness (QED) is 0.496. The Hall–Kier alpha value is -2.05. The van der Waals surface area contributed by atoms with Gasteiger partial charge in [0.2, 0.25) is 0 Å². The van der Waals surface area contributed by atoms with Gasteiger partial charge < -0.3 is 24.8 Å². The van der Waals surface area contributed by atoms with E-state index in [0.717, 1.165) is 16.7 Å². The number of hydrogen-bond acceptors (Lipinski definition) is 9. The van der Waals surface area contributed by atoms with E-state index in [9.17, 15) is 13.5 Å². The van der Waals surface area contributed by atoms with Gasteiger partial charge in [0.15, 0.2) is 18.1 Å². The monoisotopic (exact) mass is 449 g/mol. The standard InChI is InChI=1S/C21H23NO8S/c1-12-2-6-15(7-3-12)31(24,25)30-20-19(23)18(17-11-26-21(20)28-17)22-9-13-4-5-14-10-27-29-16(14)8-13/h2-8,17-23H,9-11H2,1H3/t17-,18-,19+,20-,21-/m1/s1. The number of ether oxygens (including phenoxy) is 2. The van der Waals surface area contributed by atoms with E-state index in [4.69, 9.17) is 23.4 Å².